The van der Waals surface area contributed by atoms with E-state index in [4.69, 9.17) is 18.9 Å². The molecule has 1 rings (SSSR count). The summed E-state index contributed by atoms with van der Waals surface area (Å²) >= 11 is 0. The Morgan fingerprint density at radius 1 is 0.554 bits per heavy atom. The topological polar surface area (TPSA) is 152 Å². The molecule has 0 amide bonds. The average Bonchev–Trinajstić information content (AvgIpc) is 3.19. The molecule has 0 aliphatic carbocycles. The van der Waals surface area contributed by atoms with Crippen LogP contribution in [0.25, 0.3) is 0 Å². The molecule has 0 saturated carbocycles. The van der Waals surface area contributed by atoms with Crippen LogP contribution in [0.5, 0.6) is 0 Å². The number of esters is 2. The van der Waals surface area contributed by atoms with Gasteiger partial charge in [0, 0.05) is 12.8 Å². The molecule has 328 valence electrons. The van der Waals surface area contributed by atoms with Crippen LogP contribution in [0.4, 0.5) is 0 Å². The van der Waals surface area contributed by atoms with Gasteiger partial charge in [-0.3, -0.25) is 9.59 Å². The van der Waals surface area contributed by atoms with Crippen LogP contribution in [-0.4, -0.2) is 89.0 Å². The lowest BCUT2D eigenvalue weighted by Crippen LogP contribution is -2.59. The quantitative estimate of drug-likeness (QED) is 0.0270. The summed E-state index contributed by atoms with van der Waals surface area (Å²) in [6.07, 6.45) is 33.2. The van der Waals surface area contributed by atoms with Gasteiger partial charge in [-0.05, 0) is 38.5 Å². The van der Waals surface area contributed by atoms with E-state index in [1.54, 1.807) is 0 Å². The number of allylic oxidation sites excluding steroid dienone is 4. The van der Waals surface area contributed by atoms with Gasteiger partial charge in [-0.1, -0.05) is 173 Å². The molecule has 0 aromatic heterocycles. The van der Waals surface area contributed by atoms with Crippen LogP contribution in [0.3, 0.4) is 0 Å². The van der Waals surface area contributed by atoms with Crippen molar-refractivity contribution in [3.8, 4) is 0 Å². The highest BCUT2D eigenvalue weighted by Crippen LogP contribution is 2.23. The molecule has 0 aromatic carbocycles. The summed E-state index contributed by atoms with van der Waals surface area (Å²) in [7, 11) is 0. The third kappa shape index (κ3) is 28.6. The normalized spacial score (nSPS) is 20.6. The number of carbonyl (C=O) groups is 2. The summed E-state index contributed by atoms with van der Waals surface area (Å²) in [6.45, 7) is 3.38. The third-order valence-electron chi connectivity index (χ3n) is 10.6. The van der Waals surface area contributed by atoms with E-state index in [-0.39, 0.29) is 32.0 Å². The second kappa shape index (κ2) is 37.5. The van der Waals surface area contributed by atoms with Crippen molar-refractivity contribution in [1.82, 2.24) is 0 Å². The fraction of sp³-hybridized carbons (Fsp3) is 0.870. The number of hydrogen-bond donors (Lipinski definition) is 4. The maximum Gasteiger partial charge on any atom is 0.306 e. The van der Waals surface area contributed by atoms with Gasteiger partial charge in [-0.2, -0.15) is 0 Å². The van der Waals surface area contributed by atoms with Gasteiger partial charge in [0.1, 0.15) is 31.0 Å². The summed E-state index contributed by atoms with van der Waals surface area (Å²) in [5.74, 6) is -0.815. The summed E-state index contributed by atoms with van der Waals surface area (Å²) in [4.78, 5) is 25.3. The lowest BCUT2D eigenvalue weighted by Gasteiger charge is -2.39. The van der Waals surface area contributed by atoms with Crippen LogP contribution in [0, 0.1) is 0 Å². The van der Waals surface area contributed by atoms with Gasteiger partial charge < -0.3 is 39.4 Å². The molecule has 2 unspecified atom stereocenters. The third-order valence-corrected chi connectivity index (χ3v) is 10.6. The molecule has 10 heteroatoms. The minimum absolute atomic E-state index is 0.216. The van der Waals surface area contributed by atoms with Crippen LogP contribution in [-0.2, 0) is 28.5 Å². The smallest absolute Gasteiger partial charge is 0.306 e. The monoisotopic (exact) mass is 797 g/mol. The highest BCUT2D eigenvalue weighted by molar-refractivity contribution is 5.70. The Kier molecular flexibility index (Phi) is 34.9. The first-order chi connectivity index (χ1) is 27.3. The van der Waals surface area contributed by atoms with Gasteiger partial charge in [0.2, 0.25) is 0 Å². The maximum atomic E-state index is 12.8. The van der Waals surface area contributed by atoms with Crippen molar-refractivity contribution in [1.29, 1.82) is 0 Å². The molecule has 0 spiro atoms. The molecule has 1 heterocycles. The summed E-state index contributed by atoms with van der Waals surface area (Å²) < 4.78 is 22.2. The minimum Gasteiger partial charge on any atom is -0.462 e. The highest BCUT2D eigenvalue weighted by Gasteiger charge is 2.44. The van der Waals surface area contributed by atoms with E-state index in [9.17, 15) is 30.0 Å². The summed E-state index contributed by atoms with van der Waals surface area (Å²) in [5.41, 5.74) is 0. The van der Waals surface area contributed by atoms with Crippen molar-refractivity contribution in [3.05, 3.63) is 24.3 Å². The molecule has 10 nitrogen and oxygen atoms in total. The predicted octanol–water partition coefficient (Wildman–Crippen LogP) is 9.72. The fourth-order valence-corrected chi connectivity index (χ4v) is 6.91. The summed E-state index contributed by atoms with van der Waals surface area (Å²) in [5, 5.41) is 40.1. The van der Waals surface area contributed by atoms with Gasteiger partial charge in [0.25, 0.3) is 0 Å². The molecule has 0 radical (unpaired) electrons. The van der Waals surface area contributed by atoms with E-state index < -0.39 is 49.4 Å². The van der Waals surface area contributed by atoms with Gasteiger partial charge in [-0.15, -0.1) is 0 Å². The van der Waals surface area contributed by atoms with Crippen molar-refractivity contribution in [2.75, 3.05) is 19.8 Å². The SMILES string of the molecule is CCCC/C=C/C/C=C/CCCCCCCC(=O)O[C@@H](COC(=O)CCCCCCCCCCCCCCCCCCC)CO[C@H]1O[C@@H](CO)[C@@H](O)C(O)C1O. The highest BCUT2D eigenvalue weighted by atomic mass is 16.7. The van der Waals surface area contributed by atoms with Gasteiger partial charge in [0.05, 0.1) is 13.2 Å². The number of ether oxygens (including phenoxy) is 4. The first-order valence-corrected chi connectivity index (χ1v) is 22.9. The lowest BCUT2D eigenvalue weighted by molar-refractivity contribution is -0.305. The van der Waals surface area contributed by atoms with Crippen molar-refractivity contribution >= 4 is 11.9 Å². The molecule has 4 N–H and O–H groups in total. The van der Waals surface area contributed by atoms with Gasteiger partial charge in [-0.25, -0.2) is 0 Å². The summed E-state index contributed by atoms with van der Waals surface area (Å²) in [6, 6.07) is 0. The van der Waals surface area contributed by atoms with Gasteiger partial charge >= 0.3 is 11.9 Å². The number of unbranched alkanes of at least 4 members (excludes halogenated alkanes) is 23. The maximum absolute atomic E-state index is 12.8. The van der Waals surface area contributed by atoms with Crippen LogP contribution >= 0.6 is 0 Å². The van der Waals surface area contributed by atoms with E-state index >= 15 is 0 Å². The van der Waals surface area contributed by atoms with Crippen molar-refractivity contribution in [2.24, 2.45) is 0 Å². The number of carbonyl (C=O) groups excluding carboxylic acids is 2. The van der Waals surface area contributed by atoms with Crippen LogP contribution in [0.2, 0.25) is 0 Å². The van der Waals surface area contributed by atoms with E-state index in [1.807, 2.05) is 0 Å². The lowest BCUT2D eigenvalue weighted by atomic mass is 9.99. The van der Waals surface area contributed by atoms with Crippen molar-refractivity contribution in [3.63, 3.8) is 0 Å². The molecule has 1 aliphatic heterocycles. The molecule has 6 atom stereocenters. The van der Waals surface area contributed by atoms with E-state index in [2.05, 4.69) is 38.2 Å². The molecular formula is C46H84O10. The van der Waals surface area contributed by atoms with Gasteiger partial charge in [0.15, 0.2) is 12.4 Å². The number of aliphatic hydroxyl groups excluding tert-OH is 4. The standard InChI is InChI=1S/C46H84O10/c1-3-5-7-9-11-13-15-17-19-20-21-23-24-26-28-30-32-34-41(48)53-37-39(38-54-46-45(52)44(51)43(50)40(36-47)56-46)55-42(49)35-33-31-29-27-25-22-18-16-14-12-10-8-6-4-2/h10,12,16,18,39-40,43-47,50-52H,3-9,11,13-15,17,19-38H2,1-2H3/b12-10+,18-16+/t39-,40-,43+,44?,45?,46-/m0/s1. The zero-order valence-electron chi connectivity index (χ0n) is 35.6. The average molecular weight is 797 g/mol. The second-order valence-corrected chi connectivity index (χ2v) is 15.9. The molecule has 1 aliphatic rings. The molecule has 0 bridgehead atoms. The molecule has 1 fully saturated rings. The number of aliphatic hydroxyl groups is 4. The first-order valence-electron chi connectivity index (χ1n) is 22.9. The first kappa shape index (κ1) is 52.2. The van der Waals surface area contributed by atoms with E-state index in [0.29, 0.717) is 6.42 Å². The predicted molar refractivity (Wildman–Crippen MR) is 224 cm³/mol. The number of hydrogen-bond acceptors (Lipinski definition) is 10. The van der Waals surface area contributed by atoms with Crippen LogP contribution < -0.4 is 0 Å². The van der Waals surface area contributed by atoms with Crippen LogP contribution in [0.1, 0.15) is 200 Å². The molecular weight excluding hydrogens is 712 g/mol. The number of rotatable bonds is 38. The Balaban J connectivity index is 2.31. The minimum atomic E-state index is -1.59. The van der Waals surface area contributed by atoms with E-state index in [0.717, 1.165) is 64.2 Å². The fourth-order valence-electron chi connectivity index (χ4n) is 6.91. The zero-order chi connectivity index (χ0) is 40.9. The molecule has 0 aromatic rings. The Bertz CT molecular complexity index is 970. The Labute approximate surface area is 341 Å². The largest absolute Gasteiger partial charge is 0.462 e. The molecule has 1 saturated heterocycles. The van der Waals surface area contributed by atoms with Crippen LogP contribution in [0.15, 0.2) is 24.3 Å². The molecule has 56 heavy (non-hydrogen) atoms. The Hall–Kier alpha value is -1.82. The second-order valence-electron chi connectivity index (χ2n) is 15.9. The van der Waals surface area contributed by atoms with Crippen molar-refractivity contribution < 1.29 is 49.0 Å². The zero-order valence-corrected chi connectivity index (χ0v) is 35.6. The van der Waals surface area contributed by atoms with Crippen molar-refractivity contribution in [2.45, 2.75) is 237 Å². The Morgan fingerprint density at radius 2 is 1.02 bits per heavy atom. The Morgan fingerprint density at radius 3 is 1.54 bits per heavy atom. The van der Waals surface area contributed by atoms with E-state index in [1.165, 1.54) is 103 Å².